The Morgan fingerprint density at radius 2 is 2.00 bits per heavy atom. The molecule has 5 nitrogen and oxygen atoms in total. The molecule has 0 aromatic heterocycles. The van der Waals surface area contributed by atoms with Gasteiger partial charge in [-0.1, -0.05) is 0 Å². The normalized spacial score (nSPS) is 11.0. The van der Waals surface area contributed by atoms with Gasteiger partial charge in [0, 0.05) is 21.0 Å². The van der Waals surface area contributed by atoms with Crippen molar-refractivity contribution in [1.29, 1.82) is 0 Å². The molecule has 0 spiro atoms. The minimum Gasteiger partial charge on any atom is -0.378 e. The Morgan fingerprint density at radius 3 is 2.09 bits per heavy atom. The van der Waals surface area contributed by atoms with Crippen LogP contribution in [0.4, 0.5) is 0 Å². The zero-order valence-corrected chi connectivity index (χ0v) is 6.70. The summed E-state index contributed by atoms with van der Waals surface area (Å²) in [6.45, 7) is 1.16. The third-order valence-electron chi connectivity index (χ3n) is 0.938. The molecule has 0 unspecified atom stereocenters. The van der Waals surface area contributed by atoms with Crippen LogP contribution in [0.3, 0.4) is 0 Å². The number of hydrogen-bond donors (Lipinski definition) is 0. The van der Waals surface area contributed by atoms with E-state index in [1.54, 1.807) is 14.1 Å². The van der Waals surface area contributed by atoms with Gasteiger partial charge in [0.25, 0.3) is 0 Å². The lowest BCUT2D eigenvalue weighted by Gasteiger charge is -2.02. The van der Waals surface area contributed by atoms with Gasteiger partial charge in [-0.25, -0.2) is 0 Å². The van der Waals surface area contributed by atoms with Crippen LogP contribution in [0.2, 0.25) is 0 Å². The van der Waals surface area contributed by atoms with E-state index >= 15 is 0 Å². The van der Waals surface area contributed by atoms with Crippen molar-refractivity contribution in [2.45, 2.75) is 6.92 Å². The second-order valence-corrected chi connectivity index (χ2v) is 2.29. The average Bonchev–Trinajstić information content (AvgIpc) is 1.81. The van der Waals surface area contributed by atoms with E-state index in [1.165, 1.54) is 11.1 Å². The maximum Gasteiger partial charge on any atom is 0.327 e. The third kappa shape index (κ3) is 3.34. The van der Waals surface area contributed by atoms with Crippen LogP contribution in [0.25, 0.3) is 0 Å². The maximum absolute atomic E-state index is 10.6. The average molecular weight is 158 g/mol. The van der Waals surface area contributed by atoms with E-state index in [4.69, 9.17) is 0 Å². The topological polar surface area (TPSA) is 63.5 Å². The molecule has 0 aromatic rings. The summed E-state index contributed by atoms with van der Waals surface area (Å²) in [6.07, 6.45) is 1.18. The van der Waals surface area contributed by atoms with Gasteiger partial charge in [-0.15, -0.1) is 0 Å². The van der Waals surface area contributed by atoms with Crippen molar-refractivity contribution in [3.05, 3.63) is 22.0 Å². The second kappa shape index (κ2) is 3.70. The molecule has 0 aliphatic heterocycles. The van der Waals surface area contributed by atoms with Crippen LogP contribution in [0.15, 0.2) is 11.9 Å². The fourth-order valence-corrected chi connectivity index (χ4v) is 0.511. The van der Waals surface area contributed by atoms with Gasteiger partial charge in [0.05, 0.1) is 11.1 Å². The number of carbonyl (C=O) groups excluding carboxylic acids is 1. The first-order valence-corrected chi connectivity index (χ1v) is 2.98. The van der Waals surface area contributed by atoms with Gasteiger partial charge >= 0.3 is 5.70 Å². The van der Waals surface area contributed by atoms with Crippen molar-refractivity contribution >= 4 is 5.78 Å². The quantitative estimate of drug-likeness (QED) is 0.335. The summed E-state index contributed by atoms with van der Waals surface area (Å²) in [5, 5.41) is 10.2. The Hall–Kier alpha value is -1.39. The van der Waals surface area contributed by atoms with Gasteiger partial charge in [-0.2, -0.15) is 0 Å². The molecule has 0 radical (unpaired) electrons. The fraction of sp³-hybridized carbons (Fsp3) is 0.500. The zero-order chi connectivity index (χ0) is 9.02. The van der Waals surface area contributed by atoms with E-state index in [9.17, 15) is 14.9 Å². The molecule has 0 rings (SSSR count). The van der Waals surface area contributed by atoms with Gasteiger partial charge in [0.2, 0.25) is 5.78 Å². The van der Waals surface area contributed by atoms with E-state index in [2.05, 4.69) is 0 Å². The molecule has 0 aliphatic carbocycles. The molecule has 0 amide bonds. The van der Waals surface area contributed by atoms with Crippen molar-refractivity contribution in [1.82, 2.24) is 4.90 Å². The molecule has 0 aliphatic rings. The molecule has 0 fully saturated rings. The highest BCUT2D eigenvalue weighted by molar-refractivity contribution is 5.90. The molecule has 0 saturated carbocycles. The van der Waals surface area contributed by atoms with Crippen molar-refractivity contribution in [3.8, 4) is 0 Å². The highest BCUT2D eigenvalue weighted by Gasteiger charge is 2.16. The van der Waals surface area contributed by atoms with Crippen molar-refractivity contribution < 1.29 is 9.72 Å². The lowest BCUT2D eigenvalue weighted by Crippen LogP contribution is -2.13. The van der Waals surface area contributed by atoms with Gasteiger partial charge in [0.15, 0.2) is 0 Å². The predicted octanol–water partition coefficient (Wildman–Crippen LogP) is 0.255. The minimum absolute atomic E-state index is 0.394. The molecule has 0 saturated heterocycles. The molecule has 0 N–H and O–H groups in total. The van der Waals surface area contributed by atoms with E-state index in [-0.39, 0.29) is 0 Å². The van der Waals surface area contributed by atoms with E-state index in [0.29, 0.717) is 0 Å². The number of hydrogen-bond acceptors (Lipinski definition) is 4. The summed E-state index contributed by atoms with van der Waals surface area (Å²) < 4.78 is 0. The number of nitro groups is 1. The molecule has 5 heteroatoms. The highest BCUT2D eigenvalue weighted by atomic mass is 16.6. The van der Waals surface area contributed by atoms with Crippen LogP contribution in [0.5, 0.6) is 0 Å². The number of Topliss-reactive ketones (excluding diaryl/α,β-unsaturated/α-hetero) is 1. The molecule has 0 bridgehead atoms. The van der Waals surface area contributed by atoms with Crippen LogP contribution in [0, 0.1) is 10.1 Å². The van der Waals surface area contributed by atoms with Crippen LogP contribution in [-0.2, 0) is 4.79 Å². The zero-order valence-electron chi connectivity index (χ0n) is 6.70. The Bertz CT molecular complexity index is 192. The van der Waals surface area contributed by atoms with Crippen LogP contribution in [0.1, 0.15) is 6.92 Å². The summed E-state index contributed by atoms with van der Waals surface area (Å²) in [5.74, 6) is -0.538. The third-order valence-corrected chi connectivity index (χ3v) is 0.938. The van der Waals surface area contributed by atoms with E-state index in [0.717, 1.165) is 6.92 Å². The molecule has 11 heavy (non-hydrogen) atoms. The maximum atomic E-state index is 10.6. The molecule has 0 aromatic carbocycles. The summed E-state index contributed by atoms with van der Waals surface area (Å²) in [6, 6.07) is 0. The molecule has 0 atom stereocenters. The lowest BCUT2D eigenvalue weighted by molar-refractivity contribution is -0.419. The fourth-order valence-electron chi connectivity index (χ4n) is 0.511. The summed E-state index contributed by atoms with van der Waals surface area (Å²) >= 11 is 0. The lowest BCUT2D eigenvalue weighted by atomic mass is 10.3. The first-order chi connectivity index (χ1) is 4.95. The van der Waals surface area contributed by atoms with Gasteiger partial charge in [-0.05, 0) is 0 Å². The monoisotopic (exact) mass is 158 g/mol. The number of ketones is 1. The second-order valence-electron chi connectivity index (χ2n) is 2.29. The molecule has 62 valence electrons. The molecular formula is C6H10N2O3. The van der Waals surface area contributed by atoms with E-state index < -0.39 is 16.4 Å². The summed E-state index contributed by atoms with van der Waals surface area (Å²) in [7, 11) is 3.24. The number of rotatable bonds is 3. The number of nitrogens with zero attached hydrogens (tertiary/aromatic N) is 2. The van der Waals surface area contributed by atoms with Crippen LogP contribution >= 0.6 is 0 Å². The van der Waals surface area contributed by atoms with Gasteiger partial charge in [0.1, 0.15) is 0 Å². The standard InChI is InChI=1S/C6H10N2O3/c1-5(9)6(8(10)11)4-7(2)3/h4H,1-3H3. The first-order valence-electron chi connectivity index (χ1n) is 2.98. The first kappa shape index (κ1) is 9.61. The Morgan fingerprint density at radius 1 is 1.55 bits per heavy atom. The van der Waals surface area contributed by atoms with Crippen molar-refractivity contribution in [2.24, 2.45) is 0 Å². The SMILES string of the molecule is CC(=O)C(=CN(C)C)[N+](=O)[O-]. The highest BCUT2D eigenvalue weighted by Crippen LogP contribution is 1.97. The Kier molecular flexibility index (Phi) is 3.23. The largest absolute Gasteiger partial charge is 0.378 e. The van der Waals surface area contributed by atoms with Crippen LogP contribution < -0.4 is 0 Å². The number of allylic oxidation sites excluding steroid dienone is 1. The number of carbonyl (C=O) groups is 1. The Labute approximate surface area is 64.4 Å². The predicted molar refractivity (Wildman–Crippen MR) is 39.4 cm³/mol. The minimum atomic E-state index is -0.692. The summed E-state index contributed by atoms with van der Waals surface area (Å²) in [4.78, 5) is 21.5. The summed E-state index contributed by atoms with van der Waals surface area (Å²) in [5.41, 5.74) is -0.394. The molecule has 0 heterocycles. The van der Waals surface area contributed by atoms with Crippen molar-refractivity contribution in [3.63, 3.8) is 0 Å². The van der Waals surface area contributed by atoms with Crippen LogP contribution in [-0.4, -0.2) is 29.7 Å². The smallest absolute Gasteiger partial charge is 0.327 e. The van der Waals surface area contributed by atoms with Gasteiger partial charge in [-0.3, -0.25) is 14.9 Å². The molecular weight excluding hydrogens is 148 g/mol. The van der Waals surface area contributed by atoms with Crippen molar-refractivity contribution in [2.75, 3.05) is 14.1 Å². The van der Waals surface area contributed by atoms with E-state index in [1.807, 2.05) is 0 Å². The Balaban J connectivity index is 4.60. The van der Waals surface area contributed by atoms with Gasteiger partial charge < -0.3 is 4.90 Å².